The van der Waals surface area contributed by atoms with Crippen molar-refractivity contribution in [1.29, 1.82) is 0 Å². The number of rotatable bonds is 3. The maximum atomic E-state index is 13.1. The lowest BCUT2D eigenvalue weighted by atomic mass is 10.1. The number of aryl methyl sites for hydroxylation is 1. The number of nitro benzene ring substituents is 1. The first-order valence-corrected chi connectivity index (χ1v) is 7.56. The van der Waals surface area contributed by atoms with Gasteiger partial charge < -0.3 is 4.90 Å². The van der Waals surface area contributed by atoms with E-state index in [4.69, 9.17) is 0 Å². The number of benzene rings is 1. The SMILES string of the molecule is Cc1ccc([N+](=O)[O-])c(N2CC(S(=O)(=O)F)CC2=O)c1C. The van der Waals surface area contributed by atoms with Gasteiger partial charge in [-0.05, 0) is 25.0 Å². The van der Waals surface area contributed by atoms with Crippen molar-refractivity contribution in [3.63, 3.8) is 0 Å². The van der Waals surface area contributed by atoms with Crippen molar-refractivity contribution < 1.29 is 22.0 Å². The normalized spacial score (nSPS) is 19.1. The van der Waals surface area contributed by atoms with Gasteiger partial charge in [-0.25, -0.2) is 0 Å². The van der Waals surface area contributed by atoms with E-state index in [9.17, 15) is 27.2 Å². The first-order chi connectivity index (χ1) is 9.62. The van der Waals surface area contributed by atoms with Crippen molar-refractivity contribution >= 4 is 27.5 Å². The van der Waals surface area contributed by atoms with E-state index >= 15 is 0 Å². The van der Waals surface area contributed by atoms with Gasteiger partial charge >= 0.3 is 10.2 Å². The molecule has 7 nitrogen and oxygen atoms in total. The van der Waals surface area contributed by atoms with E-state index in [1.807, 2.05) is 0 Å². The summed E-state index contributed by atoms with van der Waals surface area (Å²) in [6.45, 7) is 2.90. The average molecular weight is 316 g/mol. The Morgan fingerprint density at radius 2 is 2.00 bits per heavy atom. The molecule has 0 radical (unpaired) electrons. The molecule has 1 atom stereocenters. The van der Waals surface area contributed by atoms with Crippen LogP contribution in [0.2, 0.25) is 0 Å². The molecule has 1 aromatic rings. The molecular weight excluding hydrogens is 303 g/mol. The van der Waals surface area contributed by atoms with Crippen LogP contribution < -0.4 is 4.90 Å². The Balaban J connectivity index is 2.55. The molecule has 1 saturated heterocycles. The molecule has 0 bridgehead atoms. The van der Waals surface area contributed by atoms with Gasteiger partial charge in [0.15, 0.2) is 0 Å². The highest BCUT2D eigenvalue weighted by Gasteiger charge is 2.41. The molecule has 9 heteroatoms. The number of nitrogens with zero attached hydrogens (tertiary/aromatic N) is 2. The summed E-state index contributed by atoms with van der Waals surface area (Å²) in [4.78, 5) is 23.4. The second-order valence-corrected chi connectivity index (χ2v) is 6.56. The van der Waals surface area contributed by atoms with Crippen LogP contribution in [0.4, 0.5) is 15.3 Å². The number of halogens is 1. The lowest BCUT2D eigenvalue weighted by Crippen LogP contribution is -2.28. The van der Waals surface area contributed by atoms with Crippen LogP contribution >= 0.6 is 0 Å². The molecule has 2 rings (SSSR count). The third kappa shape index (κ3) is 2.73. The number of nitro groups is 1. The van der Waals surface area contributed by atoms with Crippen molar-refractivity contribution in [3.05, 3.63) is 33.4 Å². The van der Waals surface area contributed by atoms with Gasteiger partial charge in [-0.3, -0.25) is 14.9 Å². The van der Waals surface area contributed by atoms with Gasteiger partial charge in [0.05, 0.1) is 4.92 Å². The number of carbonyl (C=O) groups excluding carboxylic acids is 1. The largest absolute Gasteiger partial charge is 0.307 e. The Labute approximate surface area is 120 Å². The molecule has 0 spiro atoms. The first-order valence-electron chi connectivity index (χ1n) is 6.11. The van der Waals surface area contributed by atoms with Crippen molar-refractivity contribution in [2.24, 2.45) is 0 Å². The fourth-order valence-corrected chi connectivity index (χ4v) is 3.02. The van der Waals surface area contributed by atoms with Gasteiger partial charge in [0.1, 0.15) is 10.9 Å². The molecule has 21 heavy (non-hydrogen) atoms. The van der Waals surface area contributed by atoms with Crippen LogP contribution in [-0.2, 0) is 15.0 Å². The fourth-order valence-electron chi connectivity index (χ4n) is 2.35. The van der Waals surface area contributed by atoms with E-state index in [1.54, 1.807) is 19.9 Å². The molecule has 0 saturated carbocycles. The third-order valence-corrected chi connectivity index (χ3v) is 4.75. The number of carbonyl (C=O) groups is 1. The van der Waals surface area contributed by atoms with Gasteiger partial charge in [0.2, 0.25) is 5.91 Å². The Morgan fingerprint density at radius 3 is 2.48 bits per heavy atom. The predicted octanol–water partition coefficient (Wildman–Crippen LogP) is 1.62. The van der Waals surface area contributed by atoms with Gasteiger partial charge in [0.25, 0.3) is 5.69 Å². The summed E-state index contributed by atoms with van der Waals surface area (Å²) in [5, 5.41) is 9.62. The molecule has 1 aliphatic heterocycles. The third-order valence-electron chi connectivity index (χ3n) is 3.63. The Kier molecular flexibility index (Phi) is 3.70. The molecule has 0 N–H and O–H groups in total. The summed E-state index contributed by atoms with van der Waals surface area (Å²) < 4.78 is 34.9. The van der Waals surface area contributed by atoms with E-state index in [0.29, 0.717) is 5.56 Å². The molecule has 0 aromatic heterocycles. The van der Waals surface area contributed by atoms with Gasteiger partial charge in [0, 0.05) is 19.0 Å². The van der Waals surface area contributed by atoms with E-state index in [2.05, 4.69) is 0 Å². The molecular formula is C12H13FN2O5S. The van der Waals surface area contributed by atoms with E-state index in [1.165, 1.54) is 6.07 Å². The van der Waals surface area contributed by atoms with E-state index < -0.39 is 39.3 Å². The molecule has 114 valence electrons. The maximum absolute atomic E-state index is 13.1. The Hall–Kier alpha value is -2.03. The standard InChI is InChI=1S/C12H13FN2O5S/c1-7-3-4-10(15(17)18)12(8(7)2)14-6-9(5-11(14)16)21(13,19)20/h3-4,9H,5-6H2,1-2H3. The average Bonchev–Trinajstić information content (AvgIpc) is 2.74. The van der Waals surface area contributed by atoms with Crippen LogP contribution in [0.1, 0.15) is 17.5 Å². The topological polar surface area (TPSA) is 97.6 Å². The van der Waals surface area contributed by atoms with Gasteiger partial charge in [-0.1, -0.05) is 6.07 Å². The molecule has 1 heterocycles. The zero-order valence-corrected chi connectivity index (χ0v) is 12.2. The second-order valence-electron chi connectivity index (χ2n) is 4.94. The number of anilines is 1. The van der Waals surface area contributed by atoms with Crippen LogP contribution in [0.25, 0.3) is 0 Å². The van der Waals surface area contributed by atoms with Crippen molar-refractivity contribution in [2.75, 3.05) is 11.4 Å². The summed E-state index contributed by atoms with van der Waals surface area (Å²) in [5.41, 5.74) is 0.948. The molecule has 1 fully saturated rings. The number of amides is 1. The molecule has 1 aliphatic rings. The zero-order chi connectivity index (χ0) is 15.9. The van der Waals surface area contributed by atoms with Gasteiger partial charge in [-0.15, -0.1) is 3.89 Å². The smallest absolute Gasteiger partial charge is 0.305 e. The van der Waals surface area contributed by atoms with Crippen LogP contribution in [0, 0.1) is 24.0 Å². The van der Waals surface area contributed by atoms with Crippen LogP contribution in [-0.4, -0.2) is 31.0 Å². The monoisotopic (exact) mass is 316 g/mol. The Bertz CT molecular complexity index is 731. The minimum Gasteiger partial charge on any atom is -0.305 e. The first kappa shape index (κ1) is 15.4. The molecule has 1 unspecified atom stereocenters. The van der Waals surface area contributed by atoms with Gasteiger partial charge in [-0.2, -0.15) is 8.42 Å². The summed E-state index contributed by atoms with van der Waals surface area (Å²) in [5.74, 6) is -0.641. The van der Waals surface area contributed by atoms with Crippen molar-refractivity contribution in [3.8, 4) is 0 Å². The summed E-state index contributed by atoms with van der Waals surface area (Å²) in [6.07, 6.45) is -0.511. The predicted molar refractivity (Wildman–Crippen MR) is 73.4 cm³/mol. The lowest BCUT2D eigenvalue weighted by Gasteiger charge is -2.19. The minimum atomic E-state index is -4.86. The zero-order valence-electron chi connectivity index (χ0n) is 11.4. The van der Waals surface area contributed by atoms with Crippen molar-refractivity contribution in [1.82, 2.24) is 0 Å². The quantitative estimate of drug-likeness (QED) is 0.479. The number of hydrogen-bond acceptors (Lipinski definition) is 5. The van der Waals surface area contributed by atoms with Crippen LogP contribution in [0.5, 0.6) is 0 Å². The van der Waals surface area contributed by atoms with Crippen LogP contribution in [0.15, 0.2) is 12.1 Å². The fraction of sp³-hybridized carbons (Fsp3) is 0.417. The van der Waals surface area contributed by atoms with E-state index in [-0.39, 0.29) is 11.4 Å². The number of hydrogen-bond donors (Lipinski definition) is 0. The maximum Gasteiger partial charge on any atom is 0.307 e. The minimum absolute atomic E-state index is 0.0381. The van der Waals surface area contributed by atoms with Crippen molar-refractivity contribution in [2.45, 2.75) is 25.5 Å². The summed E-state index contributed by atoms with van der Waals surface area (Å²) in [6, 6.07) is 2.79. The highest BCUT2D eigenvalue weighted by molar-refractivity contribution is 7.87. The summed E-state index contributed by atoms with van der Waals surface area (Å²) in [7, 11) is -4.86. The molecule has 1 aromatic carbocycles. The molecule has 0 aliphatic carbocycles. The van der Waals surface area contributed by atoms with Crippen LogP contribution in [0.3, 0.4) is 0 Å². The highest BCUT2D eigenvalue weighted by atomic mass is 32.3. The highest BCUT2D eigenvalue weighted by Crippen LogP contribution is 2.37. The molecule has 1 amide bonds. The van der Waals surface area contributed by atoms with E-state index in [0.717, 1.165) is 10.5 Å². The second kappa shape index (κ2) is 5.06. The lowest BCUT2D eigenvalue weighted by molar-refractivity contribution is -0.384. The Morgan fingerprint density at radius 1 is 1.38 bits per heavy atom. The summed E-state index contributed by atoms with van der Waals surface area (Å²) >= 11 is 0.